The quantitative estimate of drug-likeness (QED) is 0.0196. The number of nitrogens with zero attached hydrogens (tertiary/aromatic N) is 6. The summed E-state index contributed by atoms with van der Waals surface area (Å²) >= 11 is 15.7. The van der Waals surface area contributed by atoms with E-state index >= 15 is 0 Å². The minimum Gasteiger partial charge on any atom is -0.391 e. The van der Waals surface area contributed by atoms with E-state index in [4.69, 9.17) is 71.3 Å². The fourth-order valence-corrected chi connectivity index (χ4v) is 4.60. The molecule has 0 saturated carbocycles. The zero-order valence-electron chi connectivity index (χ0n) is 38.7. The summed E-state index contributed by atoms with van der Waals surface area (Å²) < 4.78 is 25.4. The summed E-state index contributed by atoms with van der Waals surface area (Å²) in [6.07, 6.45) is 13.4. The van der Waals surface area contributed by atoms with Gasteiger partial charge in [-0.2, -0.15) is 0 Å². The number of halogens is 4. The van der Waals surface area contributed by atoms with Crippen molar-refractivity contribution >= 4 is 124 Å². The molecule has 68 heavy (non-hydrogen) atoms. The topological polar surface area (TPSA) is 317 Å². The van der Waals surface area contributed by atoms with Crippen molar-refractivity contribution in [2.45, 2.75) is 79.0 Å². The maximum atomic E-state index is 11.6. The molecular formula is C42H57BCl4N12O9. The van der Waals surface area contributed by atoms with Crippen molar-refractivity contribution in [2.75, 3.05) is 51.5 Å². The molecule has 0 fully saturated rings. The molecule has 370 valence electrons. The van der Waals surface area contributed by atoms with Crippen molar-refractivity contribution in [3.8, 4) is 11.9 Å². The number of rotatable bonds is 8. The second-order valence-electron chi connectivity index (χ2n) is 14.4. The molecule has 5 rings (SSSR count). The van der Waals surface area contributed by atoms with Gasteiger partial charge < -0.3 is 41.3 Å². The van der Waals surface area contributed by atoms with Crippen LogP contribution in [-0.4, -0.2) is 95.4 Å². The Labute approximate surface area is 416 Å². The number of nitrogens with two attached hydrogens (primary N) is 3. The molecule has 0 aliphatic rings. The van der Waals surface area contributed by atoms with E-state index in [0.29, 0.717) is 41.5 Å². The van der Waals surface area contributed by atoms with Crippen LogP contribution >= 0.6 is 47.2 Å². The molecule has 0 aliphatic carbocycles. The zero-order valence-corrected chi connectivity index (χ0v) is 41.8. The Bertz CT molecular complexity index is 2340. The van der Waals surface area contributed by atoms with E-state index in [1.54, 1.807) is 75.8 Å². The summed E-state index contributed by atoms with van der Waals surface area (Å²) in [6.45, 7) is 16.5. The van der Waals surface area contributed by atoms with E-state index in [9.17, 15) is 19.2 Å². The van der Waals surface area contributed by atoms with Crippen molar-refractivity contribution in [3.63, 3.8) is 0 Å². The van der Waals surface area contributed by atoms with Crippen LogP contribution in [0.1, 0.15) is 61.2 Å². The van der Waals surface area contributed by atoms with Gasteiger partial charge in [-0.1, -0.05) is 0 Å². The number of carbonyl (C=O) groups excluding carboxylic acids is 4. The minimum absolute atomic E-state index is 0. The molecule has 0 saturated heterocycles. The third kappa shape index (κ3) is 28.4. The van der Waals surface area contributed by atoms with E-state index in [2.05, 4.69) is 57.1 Å². The van der Waals surface area contributed by atoms with Gasteiger partial charge in [-0.15, -0.1) is 47.2 Å². The normalized spacial score (nSPS) is 9.63. The van der Waals surface area contributed by atoms with Crippen LogP contribution in [0.15, 0.2) is 73.8 Å². The molecule has 0 atom stereocenters. The number of carbonyl (C=O) groups is 4. The van der Waals surface area contributed by atoms with Gasteiger partial charge in [-0.05, 0) is 79.7 Å². The third-order valence-corrected chi connectivity index (χ3v) is 7.51. The van der Waals surface area contributed by atoms with Gasteiger partial charge in [0.2, 0.25) is 0 Å². The maximum absolute atomic E-state index is 11.6. The molecular weight excluding hydrogens is 969 g/mol. The summed E-state index contributed by atoms with van der Waals surface area (Å²) in [4.78, 5) is 63.3. The summed E-state index contributed by atoms with van der Waals surface area (Å²) in [5.74, 6) is 0.880. The number of nitrogen functional groups attached to an aromatic ring is 3. The number of nitrogens with one attached hydrogen (secondary N) is 3. The molecule has 0 radical (unpaired) electrons. The van der Waals surface area contributed by atoms with Crippen LogP contribution in [0.5, 0.6) is 0 Å². The van der Waals surface area contributed by atoms with Crippen LogP contribution in [-0.2, 0) is 40.9 Å². The standard InChI is InChI=1S/C12H19N3O2.C10H15N3O2.C9H10ClN3.C5H7N3.C4H4Cl2O3.C2HBO2.ClH/c1-5-14-10-8-13-7-6-9(10)15-11(16)17-12(2,3)4;1-10(2,3)15-9(14)13-8-4-5-12-6-7(8)11;1-2-13-8-6-11-4-3-7(8)12-9(13)5-10;6-4-1-2-8-3-5(4)7;5-1-3(7)9-4(8)2-6;4-2-1-3-5;/h6-8,14H,5H2,1-4H3,(H,13,15,16);4-6H,11H2,1-3H3,(H,12,13,14);3-4,6H,2,5H2,1H3;1-3H,7H2,(H2,6,8);1-2H2;4H;1H. The summed E-state index contributed by atoms with van der Waals surface area (Å²) in [5, 5.41) is 15.8. The molecule has 0 spiro atoms. The Morgan fingerprint density at radius 2 is 1.21 bits per heavy atom. The number of hydrogen-bond acceptors (Lipinski definition) is 18. The van der Waals surface area contributed by atoms with Crippen LogP contribution in [0.3, 0.4) is 0 Å². The second-order valence-corrected chi connectivity index (χ2v) is 15.2. The summed E-state index contributed by atoms with van der Waals surface area (Å²) in [6, 6.07) is 6.90. The van der Waals surface area contributed by atoms with Crippen molar-refractivity contribution < 1.29 is 43.2 Å². The maximum Gasteiger partial charge on any atom is 0.328 e. The van der Waals surface area contributed by atoms with E-state index in [1.807, 2.05) is 40.0 Å². The van der Waals surface area contributed by atoms with Crippen molar-refractivity contribution in [3.05, 3.63) is 79.7 Å². The number of aliphatic hydroxyl groups excluding tert-OH is 1. The van der Waals surface area contributed by atoms with E-state index < -0.39 is 35.3 Å². The number of alkyl halides is 3. The Balaban J connectivity index is 0. The number of anilines is 6. The Morgan fingerprint density at radius 3 is 1.62 bits per heavy atom. The number of esters is 2. The second kappa shape index (κ2) is 34.6. The monoisotopic (exact) mass is 1020 g/mol. The number of hydrogen-bond donors (Lipinski definition) is 7. The third-order valence-electron chi connectivity index (χ3n) is 6.83. The average Bonchev–Trinajstić information content (AvgIpc) is 3.64. The Hall–Kier alpha value is -6.67. The molecule has 5 heterocycles. The van der Waals surface area contributed by atoms with Crippen LogP contribution < -0.4 is 33.2 Å². The summed E-state index contributed by atoms with van der Waals surface area (Å²) in [5.41, 5.74) is 20.7. The van der Waals surface area contributed by atoms with Crippen molar-refractivity contribution in [1.82, 2.24) is 29.5 Å². The van der Waals surface area contributed by atoms with Gasteiger partial charge in [0.15, 0.2) is 0 Å². The first kappa shape index (κ1) is 63.4. The molecule has 5 aromatic heterocycles. The number of fused-ring (bicyclic) bond motifs is 1. The van der Waals surface area contributed by atoms with Crippen LogP contribution in [0.4, 0.5) is 43.7 Å². The first-order valence-corrected chi connectivity index (χ1v) is 21.3. The zero-order chi connectivity index (χ0) is 51.0. The van der Waals surface area contributed by atoms with E-state index in [0.717, 1.165) is 35.6 Å². The van der Waals surface area contributed by atoms with Crippen LogP contribution in [0.25, 0.3) is 11.0 Å². The fourth-order valence-electron chi connectivity index (χ4n) is 4.28. The number of aryl methyl sites for hydroxylation is 1. The number of aromatic nitrogens is 6. The number of pyridine rings is 4. The molecule has 26 heteroatoms. The average molecular weight is 1030 g/mol. The van der Waals surface area contributed by atoms with Crippen molar-refractivity contribution in [2.24, 2.45) is 0 Å². The molecule has 0 aliphatic heterocycles. The smallest absolute Gasteiger partial charge is 0.328 e. The molecule has 0 unspecified atom stereocenters. The Kier molecular flexibility index (Phi) is 32.3. The first-order valence-electron chi connectivity index (χ1n) is 19.7. The van der Waals surface area contributed by atoms with Gasteiger partial charge >= 0.3 is 53.0 Å². The predicted octanol–water partition coefficient (Wildman–Crippen LogP) is 7.59. The molecule has 2 amide bonds. The number of aliphatic hydroxyl groups is 1. The number of amides is 2. The van der Waals surface area contributed by atoms with Gasteiger partial charge in [0.25, 0.3) is 0 Å². The minimum atomic E-state index is -0.776. The van der Waals surface area contributed by atoms with E-state index in [-0.39, 0.29) is 24.2 Å². The molecule has 5 aromatic rings. The Morgan fingerprint density at radius 1 is 0.721 bits per heavy atom. The van der Waals surface area contributed by atoms with Crippen molar-refractivity contribution in [1.29, 1.82) is 0 Å². The predicted molar refractivity (Wildman–Crippen MR) is 269 cm³/mol. The largest absolute Gasteiger partial charge is 0.391 e. The van der Waals surface area contributed by atoms with Gasteiger partial charge in [0, 0.05) is 37.9 Å². The van der Waals surface area contributed by atoms with Gasteiger partial charge in [0.1, 0.15) is 28.8 Å². The molecule has 0 aromatic carbocycles. The molecule has 10 N–H and O–H groups in total. The first-order chi connectivity index (χ1) is 31.6. The fraction of sp³-hybridized carbons (Fsp3) is 0.357. The van der Waals surface area contributed by atoms with Gasteiger partial charge in [0.05, 0.1) is 75.8 Å². The SMILES string of the molecule is CC(C)(C)OC(=O)Nc1ccncc1N.CCNc1cnccc1NC(=O)OC(C)(C)C.CCn1c(CCl)nc2ccncc21.Cl.Nc1ccncc1N.O=BC#CO.O=C(CCl)OC(=O)CCl. The van der Waals surface area contributed by atoms with Gasteiger partial charge in [-0.25, -0.2) is 14.6 Å². The molecule has 0 bridgehead atoms. The number of ether oxygens (including phenoxy) is 3. The molecule has 21 nitrogen and oxygen atoms in total. The van der Waals surface area contributed by atoms with Crippen LogP contribution in [0, 0.1) is 11.9 Å². The van der Waals surface area contributed by atoms with E-state index in [1.165, 1.54) is 18.5 Å². The number of imidazole rings is 1. The van der Waals surface area contributed by atoms with Crippen LogP contribution in [0.2, 0.25) is 0 Å². The summed E-state index contributed by atoms with van der Waals surface area (Å²) in [7, 11) is 0.319. The van der Waals surface area contributed by atoms with Gasteiger partial charge in [-0.3, -0.25) is 40.2 Å².